The molecule has 1 atom stereocenters. The van der Waals surface area contributed by atoms with Gasteiger partial charge in [-0.3, -0.25) is 4.79 Å². The van der Waals surface area contributed by atoms with Gasteiger partial charge < -0.3 is 14.8 Å². The van der Waals surface area contributed by atoms with Crippen LogP contribution in [0, 0.1) is 0 Å². The van der Waals surface area contributed by atoms with Crippen molar-refractivity contribution in [2.45, 2.75) is 19.4 Å². The van der Waals surface area contributed by atoms with Gasteiger partial charge in [0.25, 0.3) is 0 Å². The van der Waals surface area contributed by atoms with E-state index in [1.54, 1.807) is 35.6 Å². The van der Waals surface area contributed by atoms with Crippen molar-refractivity contribution >= 4 is 49.7 Å². The van der Waals surface area contributed by atoms with Crippen LogP contribution >= 0.6 is 22.7 Å². The lowest BCUT2D eigenvalue weighted by Gasteiger charge is -2.17. The molecule has 0 aliphatic heterocycles. The molecular weight excluding hydrogens is 567 g/mol. The molecule has 0 aliphatic rings. The molecule has 4 N–H and O–H groups in total. The first-order valence-corrected chi connectivity index (χ1v) is 15.4. The van der Waals surface area contributed by atoms with Crippen LogP contribution in [0.1, 0.15) is 24.2 Å². The molecule has 5 aromatic rings. The molecule has 9 nitrogen and oxygen atoms in total. The van der Waals surface area contributed by atoms with E-state index in [-0.39, 0.29) is 17.7 Å². The molecule has 12 heteroatoms. The Labute approximate surface area is 240 Å². The van der Waals surface area contributed by atoms with Gasteiger partial charge in [-0.25, -0.2) is 9.97 Å². The SMILES string of the molecule is CC(=O)Nc1ccc(-c2csc(NC(Cc3ccc(OS(N)(=O)=O)cc3)c3csc(-c4ccccc4)n3)n2)cc1. The maximum absolute atomic E-state index is 11.3. The van der Waals surface area contributed by atoms with Gasteiger partial charge in [-0.2, -0.15) is 13.6 Å². The zero-order valence-corrected chi connectivity index (χ0v) is 23.7. The first-order chi connectivity index (χ1) is 19.2. The normalized spacial score (nSPS) is 12.1. The molecule has 0 radical (unpaired) electrons. The van der Waals surface area contributed by atoms with Crippen molar-refractivity contribution in [2.75, 3.05) is 10.6 Å². The quantitative estimate of drug-likeness (QED) is 0.185. The minimum atomic E-state index is -4.10. The van der Waals surface area contributed by atoms with E-state index in [0.717, 1.165) is 43.9 Å². The molecule has 0 aliphatic carbocycles. The number of rotatable bonds is 10. The number of hydrogen-bond donors (Lipinski definition) is 3. The predicted molar refractivity (Wildman–Crippen MR) is 160 cm³/mol. The van der Waals surface area contributed by atoms with Gasteiger partial charge in [-0.05, 0) is 36.2 Å². The number of amides is 1. The number of carbonyl (C=O) groups excluding carboxylic acids is 1. The number of carbonyl (C=O) groups is 1. The lowest BCUT2D eigenvalue weighted by molar-refractivity contribution is -0.114. The van der Waals surface area contributed by atoms with Crippen molar-refractivity contribution in [1.82, 2.24) is 9.97 Å². The van der Waals surface area contributed by atoms with Crippen LogP contribution < -0.4 is 20.0 Å². The Morgan fingerprint density at radius 1 is 0.925 bits per heavy atom. The van der Waals surface area contributed by atoms with Crippen molar-refractivity contribution in [3.63, 3.8) is 0 Å². The number of aromatic nitrogens is 2. The van der Waals surface area contributed by atoms with Gasteiger partial charge in [0.1, 0.15) is 10.8 Å². The minimum Gasteiger partial charge on any atom is -0.371 e. The monoisotopic (exact) mass is 591 g/mol. The Morgan fingerprint density at radius 2 is 1.65 bits per heavy atom. The number of thiazole rings is 2. The smallest absolute Gasteiger partial charge is 0.371 e. The maximum atomic E-state index is 11.3. The highest BCUT2D eigenvalue weighted by molar-refractivity contribution is 7.84. The summed E-state index contributed by atoms with van der Waals surface area (Å²) in [6.45, 7) is 1.47. The average Bonchev–Trinajstić information content (AvgIpc) is 3.60. The zero-order valence-electron chi connectivity index (χ0n) is 21.3. The molecule has 40 heavy (non-hydrogen) atoms. The van der Waals surface area contributed by atoms with E-state index < -0.39 is 10.3 Å². The summed E-state index contributed by atoms with van der Waals surface area (Å²) in [6.07, 6.45) is 0.563. The number of benzene rings is 3. The van der Waals surface area contributed by atoms with Gasteiger partial charge in [0.05, 0.1) is 17.4 Å². The first-order valence-electron chi connectivity index (χ1n) is 12.1. The molecule has 204 valence electrons. The summed E-state index contributed by atoms with van der Waals surface area (Å²) >= 11 is 3.06. The van der Waals surface area contributed by atoms with Crippen LogP contribution in [0.15, 0.2) is 89.6 Å². The van der Waals surface area contributed by atoms with Crippen molar-refractivity contribution in [3.05, 3.63) is 101 Å². The van der Waals surface area contributed by atoms with Crippen LogP contribution in [0.2, 0.25) is 0 Å². The molecule has 1 amide bonds. The minimum absolute atomic E-state index is 0.122. The van der Waals surface area contributed by atoms with Gasteiger partial charge in [0.15, 0.2) is 5.13 Å². The molecule has 2 heterocycles. The zero-order chi connectivity index (χ0) is 28.1. The Balaban J connectivity index is 1.38. The number of anilines is 2. The van der Waals surface area contributed by atoms with Gasteiger partial charge in [-0.15, -0.1) is 22.7 Å². The molecule has 3 aromatic carbocycles. The third-order valence-corrected chi connectivity index (χ3v) is 7.89. The molecule has 0 spiro atoms. The summed E-state index contributed by atoms with van der Waals surface area (Å²) in [5.74, 6) is 0.0212. The Bertz CT molecular complexity index is 1700. The van der Waals surface area contributed by atoms with E-state index in [0.29, 0.717) is 6.42 Å². The Morgan fingerprint density at radius 3 is 2.33 bits per heavy atom. The molecule has 5 rings (SSSR count). The summed E-state index contributed by atoms with van der Waals surface area (Å²) in [4.78, 5) is 21.0. The van der Waals surface area contributed by atoms with Crippen molar-refractivity contribution in [2.24, 2.45) is 5.14 Å². The van der Waals surface area contributed by atoms with Crippen LogP contribution in [-0.2, 0) is 21.5 Å². The molecule has 0 fully saturated rings. The van der Waals surface area contributed by atoms with E-state index in [2.05, 4.69) is 10.6 Å². The highest BCUT2D eigenvalue weighted by atomic mass is 32.2. The number of hydrogen-bond acceptors (Lipinski definition) is 9. The maximum Gasteiger partial charge on any atom is 0.380 e. The second-order valence-electron chi connectivity index (χ2n) is 8.86. The second-order valence-corrected chi connectivity index (χ2v) is 11.7. The van der Waals surface area contributed by atoms with Crippen molar-refractivity contribution in [3.8, 4) is 27.6 Å². The highest BCUT2D eigenvalue weighted by Gasteiger charge is 2.19. The van der Waals surface area contributed by atoms with E-state index in [4.69, 9.17) is 19.3 Å². The first kappa shape index (κ1) is 27.5. The highest BCUT2D eigenvalue weighted by Crippen LogP contribution is 2.33. The van der Waals surface area contributed by atoms with E-state index in [1.807, 2.05) is 65.4 Å². The molecule has 1 unspecified atom stereocenters. The average molecular weight is 592 g/mol. The van der Waals surface area contributed by atoms with Crippen LogP contribution in [0.25, 0.3) is 21.8 Å². The van der Waals surface area contributed by atoms with Crippen LogP contribution in [0.5, 0.6) is 5.75 Å². The Kier molecular flexibility index (Phi) is 8.21. The van der Waals surface area contributed by atoms with E-state index in [9.17, 15) is 13.2 Å². The second kappa shape index (κ2) is 12.0. The number of nitrogens with zero attached hydrogens (tertiary/aromatic N) is 2. The van der Waals surface area contributed by atoms with Crippen LogP contribution in [0.3, 0.4) is 0 Å². The lowest BCUT2D eigenvalue weighted by atomic mass is 10.0. The summed E-state index contributed by atoms with van der Waals surface area (Å²) in [5.41, 5.74) is 5.32. The third kappa shape index (κ3) is 7.30. The number of nitrogens with one attached hydrogen (secondary N) is 2. The fourth-order valence-electron chi connectivity index (χ4n) is 3.99. The van der Waals surface area contributed by atoms with Gasteiger partial charge in [0, 0.05) is 34.5 Å². The molecule has 0 bridgehead atoms. The standard InChI is InChI=1S/C28H25N5O4S3/c1-18(34)30-22-11-9-20(10-12-22)25-16-39-28(33-25)32-24(15-19-7-13-23(14-8-19)37-40(29,35)36)26-17-38-27(31-26)21-5-3-2-4-6-21/h2-14,16-17,24H,15H2,1H3,(H,30,34)(H,32,33)(H2,29,35,36). The molecule has 0 saturated carbocycles. The van der Waals surface area contributed by atoms with Gasteiger partial charge in [-0.1, -0.05) is 54.6 Å². The van der Waals surface area contributed by atoms with Crippen LogP contribution in [-0.4, -0.2) is 24.3 Å². The molecule has 2 aromatic heterocycles. The lowest BCUT2D eigenvalue weighted by Crippen LogP contribution is -2.19. The fourth-order valence-corrected chi connectivity index (χ4v) is 6.02. The third-order valence-electron chi connectivity index (χ3n) is 5.78. The van der Waals surface area contributed by atoms with E-state index >= 15 is 0 Å². The molecular formula is C28H25N5O4S3. The summed E-state index contributed by atoms with van der Waals surface area (Å²) in [7, 11) is -4.10. The van der Waals surface area contributed by atoms with Crippen LogP contribution in [0.4, 0.5) is 10.8 Å². The number of nitrogens with two attached hydrogens (primary N) is 1. The fraction of sp³-hybridized carbons (Fsp3) is 0.107. The predicted octanol–water partition coefficient (Wildman–Crippen LogP) is 5.87. The summed E-state index contributed by atoms with van der Waals surface area (Å²) in [5, 5.41) is 16.9. The van der Waals surface area contributed by atoms with E-state index in [1.165, 1.54) is 18.3 Å². The largest absolute Gasteiger partial charge is 0.380 e. The summed E-state index contributed by atoms with van der Waals surface area (Å²) in [6, 6.07) is 24.0. The Hall–Kier alpha value is -4.10. The van der Waals surface area contributed by atoms with Gasteiger partial charge >= 0.3 is 10.3 Å². The summed E-state index contributed by atoms with van der Waals surface area (Å²) < 4.78 is 27.3. The van der Waals surface area contributed by atoms with Crippen molar-refractivity contribution < 1.29 is 17.4 Å². The molecule has 0 saturated heterocycles. The topological polar surface area (TPSA) is 136 Å². The van der Waals surface area contributed by atoms with Gasteiger partial charge in [0.2, 0.25) is 5.91 Å². The van der Waals surface area contributed by atoms with Crippen molar-refractivity contribution in [1.29, 1.82) is 0 Å².